The fourth-order valence-electron chi connectivity index (χ4n) is 4.64. The molecule has 3 rings (SSSR count). The molecule has 0 aliphatic heterocycles. The first-order valence-electron chi connectivity index (χ1n) is 13.7. The molecule has 2 atom stereocenters. The smallest absolute Gasteiger partial charge is 0.244 e. The van der Waals surface area contributed by atoms with Gasteiger partial charge in [-0.3, -0.25) is 13.9 Å². The molecule has 0 bridgehead atoms. The van der Waals surface area contributed by atoms with Crippen LogP contribution in [0.3, 0.4) is 0 Å². The Hall–Kier alpha value is -3.85. The number of benzene rings is 3. The van der Waals surface area contributed by atoms with Gasteiger partial charge >= 0.3 is 0 Å². The Morgan fingerprint density at radius 1 is 0.951 bits per heavy atom. The van der Waals surface area contributed by atoms with Crippen molar-refractivity contribution in [2.45, 2.75) is 59.2 Å². The lowest BCUT2D eigenvalue weighted by atomic mass is 10.0. The third kappa shape index (κ3) is 8.82. The monoisotopic (exact) mass is 579 g/mol. The van der Waals surface area contributed by atoms with E-state index in [1.807, 2.05) is 88.4 Å². The van der Waals surface area contributed by atoms with Crippen molar-refractivity contribution in [3.8, 4) is 5.75 Å². The van der Waals surface area contributed by atoms with Crippen LogP contribution in [0.25, 0.3) is 0 Å². The highest BCUT2D eigenvalue weighted by molar-refractivity contribution is 7.92. The first-order chi connectivity index (χ1) is 19.4. The van der Waals surface area contributed by atoms with Crippen LogP contribution in [0, 0.1) is 13.8 Å². The second-order valence-corrected chi connectivity index (χ2v) is 12.4. The summed E-state index contributed by atoms with van der Waals surface area (Å²) in [4.78, 5) is 29.5. The van der Waals surface area contributed by atoms with Gasteiger partial charge in [0.1, 0.15) is 18.3 Å². The Morgan fingerprint density at radius 2 is 1.63 bits per heavy atom. The van der Waals surface area contributed by atoms with E-state index in [1.165, 1.54) is 4.90 Å². The van der Waals surface area contributed by atoms with Gasteiger partial charge in [0.05, 0.1) is 19.1 Å². The molecule has 9 heteroatoms. The van der Waals surface area contributed by atoms with Crippen LogP contribution in [-0.2, 0) is 32.6 Å². The number of ether oxygens (including phenoxy) is 1. The van der Waals surface area contributed by atoms with Crippen LogP contribution in [0.1, 0.15) is 42.5 Å². The maximum atomic E-state index is 14.2. The standard InChI is InChI=1S/C32H41N3O5S/c1-7-25(4)33-32(37)30(20-26-12-9-8-10-13-26)34(21-27-14-11-15-28(19-27)40-5)31(36)22-35(41(6,38)39)29-17-16-23(2)18-24(29)3/h8-19,25,30H,7,20-22H2,1-6H3,(H,33,37)/t25-,30-/m0/s1. The summed E-state index contributed by atoms with van der Waals surface area (Å²) in [6.07, 6.45) is 2.08. The molecule has 3 aromatic carbocycles. The van der Waals surface area contributed by atoms with Crippen molar-refractivity contribution in [3.63, 3.8) is 0 Å². The number of sulfonamides is 1. The zero-order valence-electron chi connectivity index (χ0n) is 24.8. The highest BCUT2D eigenvalue weighted by Gasteiger charge is 2.33. The van der Waals surface area contributed by atoms with Crippen molar-refractivity contribution in [2.75, 3.05) is 24.2 Å². The summed E-state index contributed by atoms with van der Waals surface area (Å²) in [5, 5.41) is 3.03. The summed E-state index contributed by atoms with van der Waals surface area (Å²) >= 11 is 0. The third-order valence-corrected chi connectivity index (χ3v) is 8.19. The van der Waals surface area contributed by atoms with Gasteiger partial charge in [0.15, 0.2) is 0 Å². The number of carbonyl (C=O) groups excluding carboxylic acids is 2. The van der Waals surface area contributed by atoms with Crippen molar-refractivity contribution in [2.24, 2.45) is 0 Å². The number of carbonyl (C=O) groups is 2. The van der Waals surface area contributed by atoms with Crippen molar-refractivity contribution in [3.05, 3.63) is 95.1 Å². The summed E-state index contributed by atoms with van der Waals surface area (Å²) in [5.41, 5.74) is 3.78. The minimum absolute atomic E-state index is 0.0892. The summed E-state index contributed by atoms with van der Waals surface area (Å²) in [5.74, 6) is -0.165. The zero-order chi connectivity index (χ0) is 30.2. The van der Waals surface area contributed by atoms with E-state index in [2.05, 4.69) is 5.32 Å². The Morgan fingerprint density at radius 3 is 2.24 bits per heavy atom. The third-order valence-electron chi connectivity index (χ3n) is 7.06. The van der Waals surface area contributed by atoms with Gasteiger partial charge in [0.2, 0.25) is 21.8 Å². The molecular formula is C32H41N3O5S. The highest BCUT2D eigenvalue weighted by atomic mass is 32.2. The average molecular weight is 580 g/mol. The number of hydrogen-bond donors (Lipinski definition) is 1. The largest absolute Gasteiger partial charge is 0.497 e. The number of hydrogen-bond acceptors (Lipinski definition) is 5. The highest BCUT2D eigenvalue weighted by Crippen LogP contribution is 2.25. The van der Waals surface area contributed by atoms with Crippen LogP contribution in [0.5, 0.6) is 5.75 Å². The number of rotatable bonds is 13. The Bertz CT molecular complexity index is 1440. The van der Waals surface area contributed by atoms with Crippen LogP contribution in [0.4, 0.5) is 5.69 Å². The molecule has 3 aromatic rings. The molecule has 8 nitrogen and oxygen atoms in total. The molecule has 0 aromatic heterocycles. The summed E-state index contributed by atoms with van der Waals surface area (Å²) in [7, 11) is -2.26. The molecule has 0 fully saturated rings. The first kappa shape index (κ1) is 31.7. The fourth-order valence-corrected chi connectivity index (χ4v) is 5.55. The number of methoxy groups -OCH3 is 1. The van der Waals surface area contributed by atoms with Crippen molar-refractivity contribution < 1.29 is 22.7 Å². The maximum absolute atomic E-state index is 14.2. The van der Waals surface area contributed by atoms with E-state index < -0.39 is 28.5 Å². The lowest BCUT2D eigenvalue weighted by Crippen LogP contribution is -2.54. The van der Waals surface area contributed by atoms with Gasteiger partial charge in [0.25, 0.3) is 0 Å². The van der Waals surface area contributed by atoms with Crippen LogP contribution in [-0.4, -0.2) is 57.1 Å². The summed E-state index contributed by atoms with van der Waals surface area (Å²) < 4.78 is 32.5. The van der Waals surface area contributed by atoms with Crippen molar-refractivity contribution in [1.82, 2.24) is 10.2 Å². The second-order valence-electron chi connectivity index (χ2n) is 10.5. The number of nitrogens with zero attached hydrogens (tertiary/aromatic N) is 2. The fraction of sp³-hybridized carbons (Fsp3) is 0.375. The van der Waals surface area contributed by atoms with Crippen molar-refractivity contribution >= 4 is 27.5 Å². The second kappa shape index (κ2) is 14.2. The molecule has 0 heterocycles. The van der Waals surface area contributed by atoms with E-state index in [0.717, 1.165) is 39.2 Å². The predicted octanol–water partition coefficient (Wildman–Crippen LogP) is 4.63. The Labute approximate surface area is 244 Å². The van der Waals surface area contributed by atoms with Gasteiger partial charge in [-0.05, 0) is 62.1 Å². The first-order valence-corrected chi connectivity index (χ1v) is 15.6. The average Bonchev–Trinajstić information content (AvgIpc) is 2.93. The normalized spacial score (nSPS) is 12.7. The van der Waals surface area contributed by atoms with Crippen LogP contribution in [0.2, 0.25) is 0 Å². The van der Waals surface area contributed by atoms with Gasteiger partial charge in [-0.1, -0.05) is 67.1 Å². The molecule has 0 saturated carbocycles. The molecule has 0 saturated heterocycles. The molecular weight excluding hydrogens is 538 g/mol. The van der Waals surface area contributed by atoms with Gasteiger partial charge in [-0.2, -0.15) is 0 Å². The molecule has 0 aliphatic rings. The van der Waals surface area contributed by atoms with E-state index >= 15 is 0 Å². The topological polar surface area (TPSA) is 96.0 Å². The summed E-state index contributed by atoms with van der Waals surface area (Å²) in [6.45, 7) is 7.27. The molecule has 0 radical (unpaired) electrons. The number of nitrogens with one attached hydrogen (secondary N) is 1. The molecule has 1 N–H and O–H groups in total. The van der Waals surface area contributed by atoms with E-state index in [1.54, 1.807) is 19.2 Å². The van der Waals surface area contributed by atoms with Gasteiger partial charge in [-0.15, -0.1) is 0 Å². The number of aryl methyl sites for hydroxylation is 2. The molecule has 220 valence electrons. The molecule has 0 aliphatic carbocycles. The van der Waals surface area contributed by atoms with Crippen LogP contribution in [0.15, 0.2) is 72.8 Å². The van der Waals surface area contributed by atoms with Crippen LogP contribution >= 0.6 is 0 Å². The van der Waals surface area contributed by atoms with Gasteiger partial charge in [-0.25, -0.2) is 8.42 Å². The minimum Gasteiger partial charge on any atom is -0.497 e. The molecule has 0 spiro atoms. The lowest BCUT2D eigenvalue weighted by molar-refractivity contribution is -0.140. The molecule has 41 heavy (non-hydrogen) atoms. The number of anilines is 1. The number of amides is 2. The zero-order valence-corrected chi connectivity index (χ0v) is 25.6. The molecule has 0 unspecified atom stereocenters. The summed E-state index contributed by atoms with van der Waals surface area (Å²) in [6, 6.07) is 21.2. The lowest BCUT2D eigenvalue weighted by Gasteiger charge is -2.34. The Balaban J connectivity index is 2.09. The SMILES string of the molecule is CC[C@H](C)NC(=O)[C@H](Cc1ccccc1)N(Cc1cccc(OC)c1)C(=O)CN(c1ccc(C)cc1C)S(C)(=O)=O. The van der Waals surface area contributed by atoms with Gasteiger partial charge < -0.3 is 15.0 Å². The van der Waals surface area contributed by atoms with Crippen molar-refractivity contribution in [1.29, 1.82) is 0 Å². The van der Waals surface area contributed by atoms with Crippen LogP contribution < -0.4 is 14.4 Å². The van der Waals surface area contributed by atoms with E-state index in [4.69, 9.17) is 4.74 Å². The quantitative estimate of drug-likeness (QED) is 0.319. The maximum Gasteiger partial charge on any atom is 0.244 e. The van der Waals surface area contributed by atoms with E-state index in [-0.39, 0.29) is 24.9 Å². The Kier molecular flexibility index (Phi) is 10.9. The molecule has 2 amide bonds. The minimum atomic E-state index is -3.83. The van der Waals surface area contributed by atoms with E-state index in [0.29, 0.717) is 11.4 Å². The predicted molar refractivity (Wildman–Crippen MR) is 163 cm³/mol. The van der Waals surface area contributed by atoms with E-state index in [9.17, 15) is 18.0 Å². The van der Waals surface area contributed by atoms with Gasteiger partial charge in [0, 0.05) is 19.0 Å².